The fourth-order valence-corrected chi connectivity index (χ4v) is 0.887. The number of nitrogens with two attached hydrogens (primary N) is 1. The predicted molar refractivity (Wildman–Crippen MR) is 55.6 cm³/mol. The van der Waals surface area contributed by atoms with Crippen LogP contribution in [0.5, 0.6) is 0 Å². The van der Waals surface area contributed by atoms with E-state index in [0.29, 0.717) is 5.69 Å². The number of aryl methyl sites for hydroxylation is 1. The zero-order valence-corrected chi connectivity index (χ0v) is 8.36. The topological polar surface area (TPSA) is 63.4 Å². The summed E-state index contributed by atoms with van der Waals surface area (Å²) in [4.78, 5) is 18.8. The molecule has 0 unspecified atom stereocenters. The third kappa shape index (κ3) is 3.37. The van der Waals surface area contributed by atoms with E-state index in [1.807, 2.05) is 38.0 Å². The average Bonchev–Trinajstić information content (AvgIpc) is 2.21. The number of nitrogens with zero attached hydrogens (tertiary/aromatic N) is 1. The molecule has 0 heterocycles. The molecule has 4 nitrogen and oxygen atoms in total. The third-order valence-corrected chi connectivity index (χ3v) is 1.65. The Labute approximate surface area is 83.3 Å². The standard InChI is InChI=1S/C9H12N2O.CH2O/c1-7-3-5-9(6-4-7)11(10)8(2)12;1-2/h3-6H,10H2,1-2H3;1H2. The summed E-state index contributed by atoms with van der Waals surface area (Å²) in [5.41, 5.74) is 1.86. The molecule has 0 aliphatic rings. The second-order valence-corrected chi connectivity index (χ2v) is 2.72. The van der Waals surface area contributed by atoms with Crippen LogP contribution in [0, 0.1) is 6.92 Å². The highest BCUT2D eigenvalue weighted by molar-refractivity contribution is 5.90. The lowest BCUT2D eigenvalue weighted by Gasteiger charge is -2.13. The zero-order valence-electron chi connectivity index (χ0n) is 8.36. The number of benzene rings is 1. The first-order chi connectivity index (χ1) is 6.61. The Kier molecular flexibility index (Phi) is 5.17. The molecular weight excluding hydrogens is 180 g/mol. The summed E-state index contributed by atoms with van der Waals surface area (Å²) in [5, 5.41) is 1.12. The molecule has 0 saturated carbocycles. The monoisotopic (exact) mass is 194 g/mol. The van der Waals surface area contributed by atoms with Gasteiger partial charge in [-0.1, -0.05) is 17.7 Å². The SMILES string of the molecule is C=O.CC(=O)N(N)c1ccc(C)cc1. The molecule has 1 amide bonds. The minimum Gasteiger partial charge on any atom is -0.307 e. The minimum absolute atomic E-state index is 0.168. The van der Waals surface area contributed by atoms with Crippen LogP contribution in [0.2, 0.25) is 0 Å². The number of hydrogen-bond donors (Lipinski definition) is 1. The van der Waals surface area contributed by atoms with Gasteiger partial charge in [-0.2, -0.15) is 0 Å². The van der Waals surface area contributed by atoms with Crippen molar-refractivity contribution in [3.05, 3.63) is 29.8 Å². The molecule has 0 bridgehead atoms. The lowest BCUT2D eigenvalue weighted by atomic mass is 10.2. The number of carbonyl (C=O) groups is 2. The lowest BCUT2D eigenvalue weighted by Crippen LogP contribution is -2.35. The van der Waals surface area contributed by atoms with Crippen LogP contribution >= 0.6 is 0 Å². The Morgan fingerprint density at radius 3 is 2.07 bits per heavy atom. The van der Waals surface area contributed by atoms with Crippen LogP contribution in [0.15, 0.2) is 24.3 Å². The normalized spacial score (nSPS) is 8.50. The Balaban J connectivity index is 0.000000791. The first-order valence-electron chi connectivity index (χ1n) is 4.02. The largest absolute Gasteiger partial charge is 0.307 e. The minimum atomic E-state index is -0.168. The van der Waals surface area contributed by atoms with E-state index >= 15 is 0 Å². The van der Waals surface area contributed by atoms with E-state index in [-0.39, 0.29) is 5.91 Å². The van der Waals surface area contributed by atoms with Gasteiger partial charge in [0.1, 0.15) is 6.79 Å². The quantitative estimate of drug-likeness (QED) is 0.412. The Morgan fingerprint density at radius 2 is 1.71 bits per heavy atom. The maximum absolute atomic E-state index is 10.8. The molecule has 1 aromatic carbocycles. The fraction of sp³-hybridized carbons (Fsp3) is 0.200. The van der Waals surface area contributed by atoms with Crippen molar-refractivity contribution in [1.82, 2.24) is 0 Å². The highest BCUT2D eigenvalue weighted by Crippen LogP contribution is 2.11. The molecule has 1 aromatic rings. The van der Waals surface area contributed by atoms with Crippen LogP contribution in [0.4, 0.5) is 5.69 Å². The van der Waals surface area contributed by atoms with Crippen LogP contribution in [0.25, 0.3) is 0 Å². The van der Waals surface area contributed by atoms with Crippen LogP contribution in [0.1, 0.15) is 12.5 Å². The fourth-order valence-electron chi connectivity index (χ4n) is 0.887. The molecule has 0 radical (unpaired) electrons. The molecule has 0 fully saturated rings. The zero-order chi connectivity index (χ0) is 11.1. The highest BCUT2D eigenvalue weighted by atomic mass is 16.2. The first kappa shape index (κ1) is 12.3. The van der Waals surface area contributed by atoms with E-state index in [9.17, 15) is 4.79 Å². The number of amides is 1. The Bertz CT molecular complexity index is 295. The molecule has 0 spiro atoms. The van der Waals surface area contributed by atoms with Crippen molar-refractivity contribution in [1.29, 1.82) is 0 Å². The number of carbonyl (C=O) groups excluding carboxylic acids is 2. The predicted octanol–water partition coefficient (Wildman–Crippen LogP) is 1.04. The van der Waals surface area contributed by atoms with Gasteiger partial charge in [0.2, 0.25) is 5.91 Å². The van der Waals surface area contributed by atoms with E-state index < -0.39 is 0 Å². The smallest absolute Gasteiger partial charge is 0.238 e. The molecule has 0 aliphatic heterocycles. The van der Waals surface area contributed by atoms with Gasteiger partial charge in [0, 0.05) is 6.92 Å². The van der Waals surface area contributed by atoms with Crippen molar-refractivity contribution < 1.29 is 9.59 Å². The second-order valence-electron chi connectivity index (χ2n) is 2.72. The van der Waals surface area contributed by atoms with Crippen LogP contribution < -0.4 is 10.9 Å². The van der Waals surface area contributed by atoms with Crippen molar-refractivity contribution in [2.75, 3.05) is 5.01 Å². The van der Waals surface area contributed by atoms with E-state index in [4.69, 9.17) is 10.6 Å². The van der Waals surface area contributed by atoms with Gasteiger partial charge in [-0.05, 0) is 19.1 Å². The molecular formula is C10H14N2O2. The first-order valence-corrected chi connectivity index (χ1v) is 4.02. The number of hydrogen-bond acceptors (Lipinski definition) is 3. The molecule has 0 aromatic heterocycles. The van der Waals surface area contributed by atoms with Crippen LogP contribution in [0.3, 0.4) is 0 Å². The summed E-state index contributed by atoms with van der Waals surface area (Å²) >= 11 is 0. The van der Waals surface area contributed by atoms with E-state index in [2.05, 4.69) is 0 Å². The lowest BCUT2D eigenvalue weighted by molar-refractivity contribution is -0.116. The van der Waals surface area contributed by atoms with Gasteiger partial charge < -0.3 is 4.79 Å². The second kappa shape index (κ2) is 5.88. The molecule has 0 saturated heterocycles. The number of hydrazine groups is 1. The van der Waals surface area contributed by atoms with Crippen LogP contribution in [-0.2, 0) is 9.59 Å². The van der Waals surface area contributed by atoms with Gasteiger partial charge in [0.25, 0.3) is 0 Å². The molecule has 0 aliphatic carbocycles. The highest BCUT2D eigenvalue weighted by Gasteiger charge is 2.04. The summed E-state index contributed by atoms with van der Waals surface area (Å²) in [6.45, 7) is 5.41. The van der Waals surface area contributed by atoms with E-state index in [1.165, 1.54) is 6.92 Å². The summed E-state index contributed by atoms with van der Waals surface area (Å²) in [7, 11) is 0. The summed E-state index contributed by atoms with van der Waals surface area (Å²) in [5.74, 6) is 5.30. The molecule has 76 valence electrons. The summed E-state index contributed by atoms with van der Waals surface area (Å²) in [6, 6.07) is 7.46. The summed E-state index contributed by atoms with van der Waals surface area (Å²) in [6.07, 6.45) is 0. The molecule has 0 atom stereocenters. The maximum Gasteiger partial charge on any atom is 0.238 e. The maximum atomic E-state index is 10.8. The van der Waals surface area contributed by atoms with Gasteiger partial charge in [-0.3, -0.25) is 4.79 Å². The van der Waals surface area contributed by atoms with Gasteiger partial charge in [-0.15, -0.1) is 0 Å². The average molecular weight is 194 g/mol. The molecule has 1 rings (SSSR count). The Hall–Kier alpha value is -1.68. The van der Waals surface area contributed by atoms with Crippen molar-refractivity contribution >= 4 is 18.4 Å². The van der Waals surface area contributed by atoms with Crippen molar-refractivity contribution in [2.24, 2.45) is 5.84 Å². The van der Waals surface area contributed by atoms with Gasteiger partial charge in [-0.25, -0.2) is 10.9 Å². The number of rotatable bonds is 1. The van der Waals surface area contributed by atoms with Crippen molar-refractivity contribution in [3.63, 3.8) is 0 Å². The van der Waals surface area contributed by atoms with E-state index in [0.717, 1.165) is 10.6 Å². The van der Waals surface area contributed by atoms with Crippen molar-refractivity contribution in [3.8, 4) is 0 Å². The van der Waals surface area contributed by atoms with E-state index in [1.54, 1.807) is 0 Å². The van der Waals surface area contributed by atoms with Gasteiger partial charge >= 0.3 is 0 Å². The third-order valence-electron chi connectivity index (χ3n) is 1.65. The van der Waals surface area contributed by atoms with Gasteiger partial charge in [0.15, 0.2) is 0 Å². The van der Waals surface area contributed by atoms with Crippen LogP contribution in [-0.4, -0.2) is 12.7 Å². The molecule has 4 heteroatoms. The Morgan fingerprint density at radius 1 is 1.29 bits per heavy atom. The number of anilines is 1. The van der Waals surface area contributed by atoms with Gasteiger partial charge in [0.05, 0.1) is 5.69 Å². The summed E-state index contributed by atoms with van der Waals surface area (Å²) < 4.78 is 0. The molecule has 2 N–H and O–H groups in total. The molecule has 14 heavy (non-hydrogen) atoms. The van der Waals surface area contributed by atoms with Crippen molar-refractivity contribution in [2.45, 2.75) is 13.8 Å².